The average molecular weight is 285 g/mol. The third kappa shape index (κ3) is 1.38. The third-order valence-corrected chi connectivity index (χ3v) is 5.07. The van der Waals surface area contributed by atoms with Crippen LogP contribution in [0.15, 0.2) is 35.6 Å². The van der Waals surface area contributed by atoms with E-state index in [-0.39, 0.29) is 17.6 Å². The van der Waals surface area contributed by atoms with E-state index in [4.69, 9.17) is 19.9 Å². The largest absolute Gasteiger partial charge is 0.497 e. The van der Waals surface area contributed by atoms with E-state index >= 15 is 0 Å². The zero-order valence-corrected chi connectivity index (χ0v) is 12.5. The first-order valence-electron chi connectivity index (χ1n) is 7.20. The molecule has 0 fully saturated rings. The van der Waals surface area contributed by atoms with Gasteiger partial charge in [-0.1, -0.05) is 12.1 Å². The number of methoxy groups -OCH3 is 2. The van der Waals surface area contributed by atoms with Crippen molar-refractivity contribution in [3.8, 4) is 11.5 Å². The summed E-state index contributed by atoms with van der Waals surface area (Å²) in [6.07, 6.45) is 4.74. The molecule has 0 radical (unpaired) electrons. The van der Waals surface area contributed by atoms with Crippen LogP contribution < -0.4 is 15.2 Å². The maximum absolute atomic E-state index is 6.41. The minimum absolute atomic E-state index is 0.0163. The standard InChI is InChI=1S/C17H19NO3/c1-17-10-5-7-13(20-3)16(17)21-15-12(19-2)6-4-9(14(15)17)8-11(10)18/h4-7,11,16H,8,18H2,1-3H3/t11-,16?,17+/m0/s1. The molecule has 1 heterocycles. The van der Waals surface area contributed by atoms with E-state index in [2.05, 4.69) is 19.1 Å². The van der Waals surface area contributed by atoms with Crippen molar-refractivity contribution < 1.29 is 14.2 Å². The molecule has 0 amide bonds. The molecule has 0 saturated heterocycles. The van der Waals surface area contributed by atoms with Gasteiger partial charge in [-0.3, -0.25) is 0 Å². The molecule has 0 bridgehead atoms. The normalized spacial score (nSPS) is 31.8. The Labute approximate surface area is 124 Å². The van der Waals surface area contributed by atoms with E-state index in [1.54, 1.807) is 14.2 Å². The van der Waals surface area contributed by atoms with Gasteiger partial charge in [-0.2, -0.15) is 0 Å². The molecule has 2 aliphatic carbocycles. The van der Waals surface area contributed by atoms with Gasteiger partial charge in [-0.05, 0) is 36.6 Å². The minimum Gasteiger partial charge on any atom is -0.497 e. The fraction of sp³-hybridized carbons (Fsp3) is 0.412. The van der Waals surface area contributed by atoms with Gasteiger partial charge in [-0.15, -0.1) is 0 Å². The molecule has 2 N–H and O–H groups in total. The highest BCUT2D eigenvalue weighted by Gasteiger charge is 2.56. The summed E-state index contributed by atoms with van der Waals surface area (Å²) in [7, 11) is 3.35. The van der Waals surface area contributed by atoms with E-state index in [0.717, 1.165) is 23.7 Å². The highest BCUT2D eigenvalue weighted by molar-refractivity contribution is 5.66. The molecule has 4 nitrogen and oxygen atoms in total. The van der Waals surface area contributed by atoms with Gasteiger partial charge in [0.25, 0.3) is 0 Å². The van der Waals surface area contributed by atoms with Gasteiger partial charge in [-0.25, -0.2) is 0 Å². The van der Waals surface area contributed by atoms with Crippen molar-refractivity contribution in [3.05, 3.63) is 46.7 Å². The number of rotatable bonds is 2. The number of nitrogens with two attached hydrogens (primary N) is 1. The first-order valence-corrected chi connectivity index (χ1v) is 7.20. The summed E-state index contributed by atoms with van der Waals surface area (Å²) < 4.78 is 17.3. The van der Waals surface area contributed by atoms with Crippen LogP contribution in [-0.4, -0.2) is 26.4 Å². The summed E-state index contributed by atoms with van der Waals surface area (Å²) in [6, 6.07) is 4.09. The predicted molar refractivity (Wildman–Crippen MR) is 79.6 cm³/mol. The van der Waals surface area contributed by atoms with E-state index < -0.39 is 0 Å². The molecule has 4 rings (SSSR count). The van der Waals surface area contributed by atoms with Crippen LogP contribution in [-0.2, 0) is 16.6 Å². The fourth-order valence-electron chi connectivity index (χ4n) is 4.09. The minimum atomic E-state index is -0.267. The lowest BCUT2D eigenvalue weighted by Crippen LogP contribution is -2.49. The monoisotopic (exact) mass is 285 g/mol. The molecule has 21 heavy (non-hydrogen) atoms. The van der Waals surface area contributed by atoms with Gasteiger partial charge in [0.15, 0.2) is 17.6 Å². The van der Waals surface area contributed by atoms with E-state index in [0.29, 0.717) is 0 Å². The number of hydrogen-bond donors (Lipinski definition) is 1. The van der Waals surface area contributed by atoms with Crippen LogP contribution in [0.3, 0.4) is 0 Å². The quantitative estimate of drug-likeness (QED) is 0.904. The summed E-state index contributed by atoms with van der Waals surface area (Å²) in [5, 5.41) is 0. The topological polar surface area (TPSA) is 53.7 Å². The smallest absolute Gasteiger partial charge is 0.169 e. The van der Waals surface area contributed by atoms with Crippen LogP contribution in [0.4, 0.5) is 0 Å². The average Bonchev–Trinajstić information content (AvgIpc) is 2.80. The Morgan fingerprint density at radius 2 is 2.05 bits per heavy atom. The Morgan fingerprint density at radius 1 is 1.24 bits per heavy atom. The van der Waals surface area contributed by atoms with Crippen molar-refractivity contribution in [1.82, 2.24) is 0 Å². The molecule has 3 aliphatic rings. The molecular formula is C17H19NO3. The van der Waals surface area contributed by atoms with Gasteiger partial charge in [0, 0.05) is 11.6 Å². The lowest BCUT2D eigenvalue weighted by molar-refractivity contribution is 0.119. The molecule has 0 saturated carbocycles. The second kappa shape index (κ2) is 4.04. The summed E-state index contributed by atoms with van der Waals surface area (Å²) in [4.78, 5) is 0. The second-order valence-electron chi connectivity index (χ2n) is 6.04. The number of hydrogen-bond acceptors (Lipinski definition) is 4. The van der Waals surface area contributed by atoms with E-state index in [9.17, 15) is 0 Å². The fourth-order valence-corrected chi connectivity index (χ4v) is 4.09. The van der Waals surface area contributed by atoms with Gasteiger partial charge >= 0.3 is 0 Å². The predicted octanol–water partition coefficient (Wildman–Crippen LogP) is 2.07. The number of allylic oxidation sites excluding steroid dienone is 2. The molecular weight excluding hydrogens is 266 g/mol. The van der Waals surface area contributed by atoms with Crippen molar-refractivity contribution in [2.75, 3.05) is 14.2 Å². The Hall–Kier alpha value is -1.94. The molecule has 0 spiro atoms. The first kappa shape index (κ1) is 12.8. The molecule has 3 atom stereocenters. The van der Waals surface area contributed by atoms with Crippen molar-refractivity contribution in [2.45, 2.75) is 30.9 Å². The summed E-state index contributed by atoms with van der Waals surface area (Å²) >= 11 is 0. The Morgan fingerprint density at radius 3 is 2.76 bits per heavy atom. The van der Waals surface area contributed by atoms with Crippen LogP contribution in [0.2, 0.25) is 0 Å². The lowest BCUT2D eigenvalue weighted by Gasteiger charge is -2.42. The molecule has 1 unspecified atom stereocenters. The molecule has 4 heteroatoms. The molecule has 1 aliphatic heterocycles. The van der Waals surface area contributed by atoms with Crippen LogP contribution >= 0.6 is 0 Å². The summed E-state index contributed by atoms with van der Waals surface area (Å²) in [6.45, 7) is 2.20. The summed E-state index contributed by atoms with van der Waals surface area (Å²) in [5.41, 5.74) is 9.81. The number of ether oxygens (including phenoxy) is 3. The van der Waals surface area contributed by atoms with Crippen molar-refractivity contribution in [2.24, 2.45) is 5.73 Å². The Kier molecular flexibility index (Phi) is 2.46. The van der Waals surface area contributed by atoms with Crippen LogP contribution in [0.5, 0.6) is 11.5 Å². The van der Waals surface area contributed by atoms with Crippen LogP contribution in [0.1, 0.15) is 18.1 Å². The summed E-state index contributed by atoms with van der Waals surface area (Å²) in [5.74, 6) is 2.44. The van der Waals surface area contributed by atoms with Crippen LogP contribution in [0, 0.1) is 0 Å². The third-order valence-electron chi connectivity index (χ3n) is 5.07. The van der Waals surface area contributed by atoms with Crippen molar-refractivity contribution >= 4 is 0 Å². The molecule has 1 aromatic rings. The molecule has 110 valence electrons. The molecule has 0 aromatic heterocycles. The first-order chi connectivity index (χ1) is 10.1. The Bertz CT molecular complexity index is 692. The van der Waals surface area contributed by atoms with E-state index in [1.807, 2.05) is 12.1 Å². The highest BCUT2D eigenvalue weighted by atomic mass is 16.6. The van der Waals surface area contributed by atoms with Gasteiger partial charge in [0.05, 0.1) is 19.6 Å². The van der Waals surface area contributed by atoms with Gasteiger partial charge in [0.2, 0.25) is 0 Å². The second-order valence-corrected chi connectivity index (χ2v) is 6.04. The Balaban J connectivity index is 2.03. The number of benzene rings is 1. The highest BCUT2D eigenvalue weighted by Crippen LogP contribution is 2.58. The maximum Gasteiger partial charge on any atom is 0.169 e. The zero-order chi connectivity index (χ0) is 14.8. The maximum atomic E-state index is 6.41. The van der Waals surface area contributed by atoms with E-state index in [1.165, 1.54) is 16.7 Å². The zero-order valence-electron chi connectivity index (χ0n) is 12.5. The van der Waals surface area contributed by atoms with Crippen molar-refractivity contribution in [3.63, 3.8) is 0 Å². The SMILES string of the molecule is COC1=CC=C2[C@@H](N)Cc3ccc(OC)c4c3[C@]2(C)C1O4. The molecule has 1 aromatic carbocycles. The van der Waals surface area contributed by atoms with Crippen LogP contribution in [0.25, 0.3) is 0 Å². The lowest BCUT2D eigenvalue weighted by atomic mass is 9.62. The van der Waals surface area contributed by atoms with Gasteiger partial charge < -0.3 is 19.9 Å². The van der Waals surface area contributed by atoms with Crippen molar-refractivity contribution in [1.29, 1.82) is 0 Å². The van der Waals surface area contributed by atoms with Gasteiger partial charge in [0.1, 0.15) is 5.76 Å².